The Balaban J connectivity index is 0.000000238. The second kappa shape index (κ2) is 7.92. The molecule has 24 heavy (non-hydrogen) atoms. The van der Waals surface area contributed by atoms with Gasteiger partial charge in [-0.15, -0.1) is 5.10 Å². The molecule has 0 unspecified atom stereocenters. The monoisotopic (exact) mass is 344 g/mol. The summed E-state index contributed by atoms with van der Waals surface area (Å²) in [6, 6.07) is 7.52. The van der Waals surface area contributed by atoms with Gasteiger partial charge in [0.2, 0.25) is 0 Å². The van der Waals surface area contributed by atoms with Gasteiger partial charge in [0, 0.05) is 10.9 Å². The van der Waals surface area contributed by atoms with E-state index < -0.39 is 6.09 Å². The minimum atomic E-state index is -1.18. The first kappa shape index (κ1) is 16.4. The highest BCUT2D eigenvalue weighted by molar-refractivity contribution is 7.08. The molecule has 3 aromatic rings. The molecule has 0 radical (unpaired) electrons. The average Bonchev–Trinajstić information content (AvgIpc) is 3.25. The maximum atomic E-state index is 10.6. The van der Waals surface area contributed by atoms with Crippen molar-refractivity contribution in [2.75, 3.05) is 5.32 Å². The largest absolute Gasteiger partial charge is 0.465 e. The van der Waals surface area contributed by atoms with Crippen molar-refractivity contribution in [2.45, 2.75) is 38.5 Å². The summed E-state index contributed by atoms with van der Waals surface area (Å²) >= 11 is 1.59. The predicted octanol–water partition coefficient (Wildman–Crippen LogP) is 4.89. The Bertz CT molecular complexity index is 783. The smallest absolute Gasteiger partial charge is 0.411 e. The van der Waals surface area contributed by atoms with E-state index in [-0.39, 0.29) is 5.95 Å². The standard InChI is InChI=1S/C11H8N4O2S.C6H12/c16-11(17)13-10-12-9-3-1-2-8(15(9)14-10)7-4-5-18-6-7;1-2-4-6-5-3-1/h1-6H,(H,13,14)(H,16,17);1-6H2. The molecule has 1 aliphatic carbocycles. The van der Waals surface area contributed by atoms with E-state index in [0.717, 1.165) is 11.3 Å². The number of nitrogens with zero attached hydrogens (tertiary/aromatic N) is 3. The van der Waals surface area contributed by atoms with Gasteiger partial charge < -0.3 is 5.11 Å². The maximum Gasteiger partial charge on any atom is 0.411 e. The highest BCUT2D eigenvalue weighted by Gasteiger charge is 2.10. The Hall–Kier alpha value is -2.41. The molecule has 0 atom stereocenters. The lowest BCUT2D eigenvalue weighted by molar-refractivity contribution is 0.209. The fourth-order valence-corrected chi connectivity index (χ4v) is 3.39. The number of rotatable bonds is 2. The molecular weight excluding hydrogens is 324 g/mol. The van der Waals surface area contributed by atoms with Gasteiger partial charge in [-0.1, -0.05) is 44.6 Å². The fourth-order valence-electron chi connectivity index (χ4n) is 2.74. The van der Waals surface area contributed by atoms with E-state index in [0.29, 0.717) is 5.65 Å². The van der Waals surface area contributed by atoms with Crippen molar-refractivity contribution in [1.82, 2.24) is 14.6 Å². The van der Waals surface area contributed by atoms with Crippen LogP contribution in [0.25, 0.3) is 16.9 Å². The Labute approximate surface area is 144 Å². The molecule has 3 aromatic heterocycles. The molecule has 1 saturated carbocycles. The number of pyridine rings is 1. The first-order chi connectivity index (χ1) is 11.7. The number of carboxylic acid groups (broad SMARTS) is 1. The first-order valence-electron chi connectivity index (χ1n) is 8.12. The summed E-state index contributed by atoms with van der Waals surface area (Å²) in [7, 11) is 0. The van der Waals surface area contributed by atoms with Crippen LogP contribution in [0.5, 0.6) is 0 Å². The van der Waals surface area contributed by atoms with E-state index in [2.05, 4.69) is 15.4 Å². The van der Waals surface area contributed by atoms with Gasteiger partial charge in [-0.2, -0.15) is 16.3 Å². The number of thiophene rings is 1. The average molecular weight is 344 g/mol. The van der Waals surface area contributed by atoms with E-state index in [1.54, 1.807) is 21.9 Å². The van der Waals surface area contributed by atoms with E-state index in [1.807, 2.05) is 29.0 Å². The zero-order valence-electron chi connectivity index (χ0n) is 13.3. The molecule has 3 heterocycles. The minimum absolute atomic E-state index is 0.0742. The van der Waals surface area contributed by atoms with Crippen LogP contribution in [0.3, 0.4) is 0 Å². The molecule has 6 nitrogen and oxygen atoms in total. The second-order valence-electron chi connectivity index (χ2n) is 5.68. The molecule has 0 bridgehead atoms. The molecule has 1 fully saturated rings. The predicted molar refractivity (Wildman–Crippen MR) is 95.6 cm³/mol. The lowest BCUT2D eigenvalue weighted by atomic mass is 10.0. The van der Waals surface area contributed by atoms with Crippen LogP contribution >= 0.6 is 11.3 Å². The van der Waals surface area contributed by atoms with Gasteiger partial charge in [0.15, 0.2) is 5.65 Å². The second-order valence-corrected chi connectivity index (χ2v) is 6.46. The number of hydrogen-bond acceptors (Lipinski definition) is 4. The summed E-state index contributed by atoms with van der Waals surface area (Å²) in [5.41, 5.74) is 2.50. The summed E-state index contributed by atoms with van der Waals surface area (Å²) < 4.78 is 1.62. The van der Waals surface area contributed by atoms with Crippen LogP contribution < -0.4 is 5.32 Å². The van der Waals surface area contributed by atoms with Gasteiger partial charge in [0.25, 0.3) is 5.95 Å². The van der Waals surface area contributed by atoms with Crippen molar-refractivity contribution in [3.63, 3.8) is 0 Å². The summed E-state index contributed by atoms with van der Waals surface area (Å²) in [5.74, 6) is 0.0742. The van der Waals surface area contributed by atoms with Crippen LogP contribution in [0.2, 0.25) is 0 Å². The van der Waals surface area contributed by atoms with Gasteiger partial charge in [0.1, 0.15) is 0 Å². The van der Waals surface area contributed by atoms with Crippen molar-refractivity contribution in [1.29, 1.82) is 0 Å². The summed E-state index contributed by atoms with van der Waals surface area (Å²) in [6.45, 7) is 0. The fraction of sp³-hybridized carbons (Fsp3) is 0.353. The molecule has 1 amide bonds. The number of carbonyl (C=O) groups is 1. The highest BCUT2D eigenvalue weighted by Crippen LogP contribution is 2.23. The topological polar surface area (TPSA) is 79.5 Å². The van der Waals surface area contributed by atoms with Crippen LogP contribution in [0.15, 0.2) is 35.0 Å². The Morgan fingerprint density at radius 3 is 2.42 bits per heavy atom. The third-order valence-corrected chi connectivity index (χ3v) is 4.58. The molecule has 4 rings (SSSR count). The number of amides is 1. The lowest BCUT2D eigenvalue weighted by Crippen LogP contribution is -2.08. The van der Waals surface area contributed by atoms with Crippen molar-refractivity contribution in [2.24, 2.45) is 0 Å². The van der Waals surface area contributed by atoms with E-state index in [9.17, 15) is 4.79 Å². The van der Waals surface area contributed by atoms with E-state index >= 15 is 0 Å². The van der Waals surface area contributed by atoms with Crippen molar-refractivity contribution in [3.05, 3.63) is 35.0 Å². The summed E-state index contributed by atoms with van der Waals surface area (Å²) in [6.07, 6.45) is 7.82. The number of nitrogens with one attached hydrogen (secondary N) is 1. The van der Waals surface area contributed by atoms with Crippen LogP contribution in [0.1, 0.15) is 38.5 Å². The van der Waals surface area contributed by atoms with Gasteiger partial charge in [-0.3, -0.25) is 5.32 Å². The van der Waals surface area contributed by atoms with Gasteiger partial charge in [-0.05, 0) is 23.6 Å². The summed E-state index contributed by atoms with van der Waals surface area (Å²) in [5, 5.41) is 18.9. The Kier molecular flexibility index (Phi) is 5.43. The SMILES string of the molecule is C1CCCCC1.O=C(O)Nc1nc2cccc(-c3ccsc3)n2n1. The zero-order valence-corrected chi connectivity index (χ0v) is 14.1. The van der Waals surface area contributed by atoms with E-state index in [1.165, 1.54) is 38.5 Å². The number of fused-ring (bicyclic) bond motifs is 1. The third-order valence-electron chi connectivity index (χ3n) is 3.90. The van der Waals surface area contributed by atoms with Gasteiger partial charge in [-0.25, -0.2) is 9.31 Å². The van der Waals surface area contributed by atoms with Crippen molar-refractivity contribution in [3.8, 4) is 11.3 Å². The van der Waals surface area contributed by atoms with E-state index in [4.69, 9.17) is 5.11 Å². The number of anilines is 1. The van der Waals surface area contributed by atoms with Gasteiger partial charge in [0.05, 0.1) is 5.69 Å². The summed E-state index contributed by atoms with van der Waals surface area (Å²) in [4.78, 5) is 14.6. The molecule has 0 aromatic carbocycles. The van der Waals surface area contributed by atoms with Crippen molar-refractivity contribution >= 4 is 29.0 Å². The maximum absolute atomic E-state index is 10.6. The minimum Gasteiger partial charge on any atom is -0.465 e. The molecule has 126 valence electrons. The lowest BCUT2D eigenvalue weighted by Gasteiger charge is -2.05. The number of hydrogen-bond donors (Lipinski definition) is 2. The third kappa shape index (κ3) is 4.11. The molecule has 1 aliphatic rings. The zero-order chi connectivity index (χ0) is 16.8. The molecule has 7 heteroatoms. The van der Waals surface area contributed by atoms with Crippen molar-refractivity contribution < 1.29 is 9.90 Å². The van der Waals surface area contributed by atoms with Crippen LogP contribution in [0.4, 0.5) is 10.7 Å². The molecular formula is C17H20N4O2S. The molecule has 0 saturated heterocycles. The first-order valence-corrected chi connectivity index (χ1v) is 9.06. The Morgan fingerprint density at radius 1 is 1.12 bits per heavy atom. The molecule has 2 N–H and O–H groups in total. The highest BCUT2D eigenvalue weighted by atomic mass is 32.1. The molecule has 0 spiro atoms. The van der Waals surface area contributed by atoms with Crippen LogP contribution in [0, 0.1) is 0 Å². The Morgan fingerprint density at radius 2 is 1.83 bits per heavy atom. The van der Waals surface area contributed by atoms with Gasteiger partial charge >= 0.3 is 6.09 Å². The normalized spacial score (nSPS) is 14.0. The molecule has 0 aliphatic heterocycles. The van der Waals surface area contributed by atoms with Crippen LogP contribution in [-0.4, -0.2) is 25.8 Å². The number of aromatic nitrogens is 3. The quantitative estimate of drug-likeness (QED) is 0.694. The van der Waals surface area contributed by atoms with Crippen LogP contribution in [-0.2, 0) is 0 Å².